The van der Waals surface area contributed by atoms with Crippen LogP contribution in [0.25, 0.3) is 0 Å². The molecular formula is C21H28N4O2. The van der Waals surface area contributed by atoms with Gasteiger partial charge in [-0.05, 0) is 12.5 Å². The summed E-state index contributed by atoms with van der Waals surface area (Å²) < 4.78 is 5.58. The van der Waals surface area contributed by atoms with Gasteiger partial charge in [-0.25, -0.2) is 9.97 Å². The second-order valence-corrected chi connectivity index (χ2v) is 7.23. The number of benzene rings is 1. The minimum Gasteiger partial charge on any atom is -0.367 e. The molecule has 6 nitrogen and oxygen atoms in total. The molecule has 0 spiro atoms. The molecular weight excluding hydrogens is 340 g/mol. The first-order valence-electron chi connectivity index (χ1n) is 9.53. The zero-order chi connectivity index (χ0) is 19.2. The van der Waals surface area contributed by atoms with E-state index in [4.69, 9.17) is 9.72 Å². The summed E-state index contributed by atoms with van der Waals surface area (Å²) in [4.78, 5) is 25.7. The summed E-state index contributed by atoms with van der Waals surface area (Å²) in [6.07, 6.45) is 0. The van der Waals surface area contributed by atoms with E-state index in [1.807, 2.05) is 48.2 Å². The van der Waals surface area contributed by atoms with Gasteiger partial charge in [0, 0.05) is 43.9 Å². The fraction of sp³-hybridized carbons (Fsp3) is 0.476. The predicted octanol–water partition coefficient (Wildman–Crippen LogP) is 2.77. The summed E-state index contributed by atoms with van der Waals surface area (Å²) in [7, 11) is 0. The highest BCUT2D eigenvalue weighted by Crippen LogP contribution is 2.18. The van der Waals surface area contributed by atoms with Gasteiger partial charge in [0.1, 0.15) is 18.2 Å². The Morgan fingerprint density at radius 3 is 2.48 bits per heavy atom. The zero-order valence-corrected chi connectivity index (χ0v) is 16.4. The molecule has 0 aliphatic carbocycles. The number of carbonyl (C=O) groups is 1. The first-order chi connectivity index (χ1) is 13.0. The van der Waals surface area contributed by atoms with Gasteiger partial charge in [-0.2, -0.15) is 0 Å². The number of rotatable bonds is 6. The van der Waals surface area contributed by atoms with Crippen LogP contribution in [0.2, 0.25) is 0 Å². The van der Waals surface area contributed by atoms with Crippen LogP contribution < -0.4 is 4.90 Å². The topological polar surface area (TPSA) is 58.6 Å². The van der Waals surface area contributed by atoms with Crippen molar-refractivity contribution < 1.29 is 9.53 Å². The van der Waals surface area contributed by atoms with Gasteiger partial charge in [-0.1, -0.05) is 44.2 Å². The van der Waals surface area contributed by atoms with E-state index in [0.717, 1.165) is 36.0 Å². The molecule has 0 unspecified atom stereocenters. The van der Waals surface area contributed by atoms with E-state index in [1.54, 1.807) is 0 Å². The number of aromatic nitrogens is 2. The van der Waals surface area contributed by atoms with Crippen LogP contribution in [0.3, 0.4) is 0 Å². The first kappa shape index (κ1) is 19.3. The molecule has 0 saturated carbocycles. The maximum absolute atomic E-state index is 12.4. The van der Waals surface area contributed by atoms with Crippen molar-refractivity contribution in [2.75, 3.05) is 37.7 Å². The maximum Gasteiger partial charge on any atom is 0.248 e. The normalized spacial score (nSPS) is 14.7. The lowest BCUT2D eigenvalue weighted by molar-refractivity contribution is -0.136. The zero-order valence-electron chi connectivity index (χ0n) is 16.4. The van der Waals surface area contributed by atoms with Gasteiger partial charge < -0.3 is 14.5 Å². The Hall–Kier alpha value is -2.47. The van der Waals surface area contributed by atoms with E-state index in [1.165, 1.54) is 0 Å². The lowest BCUT2D eigenvalue weighted by atomic mass is 10.2. The number of carbonyl (C=O) groups excluding carboxylic acids is 1. The maximum atomic E-state index is 12.4. The SMILES string of the molecule is Cc1cc(N2CCN(C(=O)COCc3ccccc3)CC2)nc(C(C)C)n1. The molecule has 0 radical (unpaired) electrons. The second kappa shape index (κ2) is 8.95. The molecule has 0 bridgehead atoms. The number of piperazine rings is 1. The van der Waals surface area contributed by atoms with Crippen LogP contribution in [0.5, 0.6) is 0 Å². The van der Waals surface area contributed by atoms with Gasteiger partial charge in [-0.3, -0.25) is 4.79 Å². The summed E-state index contributed by atoms with van der Waals surface area (Å²) in [5, 5.41) is 0. The van der Waals surface area contributed by atoms with Crippen LogP contribution >= 0.6 is 0 Å². The fourth-order valence-corrected chi connectivity index (χ4v) is 3.10. The minimum absolute atomic E-state index is 0.0484. The second-order valence-electron chi connectivity index (χ2n) is 7.23. The number of aryl methyl sites for hydroxylation is 1. The van der Waals surface area contributed by atoms with Crippen molar-refractivity contribution in [3.63, 3.8) is 0 Å². The summed E-state index contributed by atoms with van der Waals surface area (Å²) in [5.74, 6) is 2.18. The third-order valence-corrected chi connectivity index (χ3v) is 4.67. The smallest absolute Gasteiger partial charge is 0.248 e. The van der Waals surface area contributed by atoms with Gasteiger partial charge >= 0.3 is 0 Å². The Balaban J connectivity index is 1.49. The molecule has 0 N–H and O–H groups in total. The monoisotopic (exact) mass is 368 g/mol. The molecule has 1 aromatic heterocycles. The van der Waals surface area contributed by atoms with Gasteiger partial charge in [-0.15, -0.1) is 0 Å². The number of hydrogen-bond acceptors (Lipinski definition) is 5. The van der Waals surface area contributed by atoms with Crippen LogP contribution in [0.1, 0.15) is 36.8 Å². The number of ether oxygens (including phenoxy) is 1. The fourth-order valence-electron chi connectivity index (χ4n) is 3.10. The van der Waals surface area contributed by atoms with Crippen molar-refractivity contribution in [1.82, 2.24) is 14.9 Å². The summed E-state index contributed by atoms with van der Waals surface area (Å²) >= 11 is 0. The Morgan fingerprint density at radius 1 is 1.11 bits per heavy atom. The Morgan fingerprint density at radius 2 is 1.81 bits per heavy atom. The average molecular weight is 368 g/mol. The third-order valence-electron chi connectivity index (χ3n) is 4.67. The highest BCUT2D eigenvalue weighted by atomic mass is 16.5. The molecule has 1 fully saturated rings. The lowest BCUT2D eigenvalue weighted by Crippen LogP contribution is -2.50. The Labute approximate surface area is 161 Å². The molecule has 6 heteroatoms. The molecule has 1 aromatic carbocycles. The van der Waals surface area contributed by atoms with Crippen molar-refractivity contribution >= 4 is 11.7 Å². The third kappa shape index (κ3) is 5.26. The van der Waals surface area contributed by atoms with E-state index >= 15 is 0 Å². The lowest BCUT2D eigenvalue weighted by Gasteiger charge is -2.35. The molecule has 3 rings (SSSR count). The van der Waals surface area contributed by atoms with Crippen molar-refractivity contribution in [2.45, 2.75) is 33.3 Å². The van der Waals surface area contributed by atoms with Crippen LogP contribution in [-0.4, -0.2) is 53.6 Å². The molecule has 1 amide bonds. The number of hydrogen-bond donors (Lipinski definition) is 0. The van der Waals surface area contributed by atoms with E-state index in [0.29, 0.717) is 25.6 Å². The van der Waals surface area contributed by atoms with Crippen LogP contribution in [0.4, 0.5) is 5.82 Å². The van der Waals surface area contributed by atoms with Gasteiger partial charge in [0.2, 0.25) is 5.91 Å². The van der Waals surface area contributed by atoms with Crippen molar-refractivity contribution in [3.8, 4) is 0 Å². The molecule has 0 atom stereocenters. The average Bonchev–Trinajstić information content (AvgIpc) is 2.68. The molecule has 2 heterocycles. The quantitative estimate of drug-likeness (QED) is 0.785. The van der Waals surface area contributed by atoms with E-state index < -0.39 is 0 Å². The Kier molecular flexibility index (Phi) is 6.40. The highest BCUT2D eigenvalue weighted by molar-refractivity contribution is 5.77. The van der Waals surface area contributed by atoms with Crippen LogP contribution in [-0.2, 0) is 16.1 Å². The molecule has 1 aliphatic rings. The minimum atomic E-state index is 0.0484. The van der Waals surface area contributed by atoms with E-state index in [-0.39, 0.29) is 12.5 Å². The van der Waals surface area contributed by atoms with Crippen LogP contribution in [0, 0.1) is 6.92 Å². The van der Waals surface area contributed by atoms with Gasteiger partial charge in [0.15, 0.2) is 0 Å². The van der Waals surface area contributed by atoms with E-state index in [9.17, 15) is 4.79 Å². The number of anilines is 1. The van der Waals surface area contributed by atoms with Crippen molar-refractivity contribution in [3.05, 3.63) is 53.5 Å². The molecule has 1 saturated heterocycles. The first-order valence-corrected chi connectivity index (χ1v) is 9.53. The molecule has 1 aliphatic heterocycles. The summed E-state index contributed by atoms with van der Waals surface area (Å²) in [5.41, 5.74) is 2.06. The summed E-state index contributed by atoms with van der Waals surface area (Å²) in [6.45, 7) is 9.72. The van der Waals surface area contributed by atoms with Gasteiger partial charge in [0.05, 0.1) is 6.61 Å². The highest BCUT2D eigenvalue weighted by Gasteiger charge is 2.22. The Bertz CT molecular complexity index is 756. The molecule has 27 heavy (non-hydrogen) atoms. The van der Waals surface area contributed by atoms with E-state index in [2.05, 4.69) is 23.7 Å². The predicted molar refractivity (Wildman–Crippen MR) is 106 cm³/mol. The largest absolute Gasteiger partial charge is 0.367 e. The van der Waals surface area contributed by atoms with Crippen LogP contribution in [0.15, 0.2) is 36.4 Å². The molecule has 144 valence electrons. The number of amides is 1. The van der Waals surface area contributed by atoms with Crippen molar-refractivity contribution in [1.29, 1.82) is 0 Å². The molecule has 2 aromatic rings. The summed E-state index contributed by atoms with van der Waals surface area (Å²) in [6, 6.07) is 11.9. The van der Waals surface area contributed by atoms with Gasteiger partial charge in [0.25, 0.3) is 0 Å². The van der Waals surface area contributed by atoms with Crippen molar-refractivity contribution in [2.24, 2.45) is 0 Å². The standard InChI is InChI=1S/C21H28N4O2/c1-16(2)21-22-17(3)13-19(23-21)24-9-11-25(12-10-24)20(26)15-27-14-18-7-5-4-6-8-18/h4-8,13,16H,9-12,14-15H2,1-3H3. The number of nitrogens with zero attached hydrogens (tertiary/aromatic N) is 4.